The zero-order valence-electron chi connectivity index (χ0n) is 13.3. The summed E-state index contributed by atoms with van der Waals surface area (Å²) >= 11 is 0. The lowest BCUT2D eigenvalue weighted by molar-refractivity contribution is 0.189. The van der Waals surface area contributed by atoms with Gasteiger partial charge in [-0.05, 0) is 31.0 Å². The number of benzene rings is 1. The van der Waals surface area contributed by atoms with Gasteiger partial charge in [-0.3, -0.25) is 0 Å². The third kappa shape index (κ3) is 4.95. The van der Waals surface area contributed by atoms with E-state index < -0.39 is 0 Å². The van der Waals surface area contributed by atoms with E-state index in [1.807, 2.05) is 24.3 Å². The Morgan fingerprint density at radius 2 is 2.14 bits per heavy atom. The third-order valence-electron chi connectivity index (χ3n) is 3.52. The van der Waals surface area contributed by atoms with Crippen LogP contribution in [0.15, 0.2) is 47.1 Å². The number of aryl methyl sites for hydroxylation is 1. The zero-order chi connectivity index (χ0) is 15.8. The van der Waals surface area contributed by atoms with Crippen LogP contribution in [0.5, 0.6) is 0 Å². The normalized spacial score (nSPS) is 10.5. The van der Waals surface area contributed by atoms with Crippen LogP contribution in [0.4, 0.5) is 4.79 Å². The monoisotopic (exact) mass is 300 g/mol. The lowest BCUT2D eigenvalue weighted by atomic mass is 10.1. The van der Waals surface area contributed by atoms with Crippen LogP contribution >= 0.6 is 0 Å². The van der Waals surface area contributed by atoms with Crippen LogP contribution in [0.2, 0.25) is 0 Å². The van der Waals surface area contributed by atoms with E-state index in [0.29, 0.717) is 13.1 Å². The first-order chi connectivity index (χ1) is 10.7. The molecule has 2 amide bonds. The predicted molar refractivity (Wildman–Crippen MR) is 87.4 cm³/mol. The molecule has 0 spiro atoms. The minimum absolute atomic E-state index is 0.0497. The number of hydrogen-bond donors (Lipinski definition) is 1. The third-order valence-corrected chi connectivity index (χ3v) is 3.52. The summed E-state index contributed by atoms with van der Waals surface area (Å²) in [7, 11) is 0. The number of carbonyl (C=O) groups excluding carboxylic acids is 1. The van der Waals surface area contributed by atoms with Crippen LogP contribution in [-0.4, -0.2) is 17.5 Å². The highest BCUT2D eigenvalue weighted by Crippen LogP contribution is 2.08. The van der Waals surface area contributed by atoms with Crippen molar-refractivity contribution in [3.05, 3.63) is 59.5 Å². The highest BCUT2D eigenvalue weighted by molar-refractivity contribution is 5.74. The van der Waals surface area contributed by atoms with Crippen LogP contribution in [0, 0.1) is 6.92 Å². The molecule has 0 atom stereocenters. The van der Waals surface area contributed by atoms with Crippen LogP contribution < -0.4 is 5.32 Å². The van der Waals surface area contributed by atoms with Crippen LogP contribution in [-0.2, 0) is 13.1 Å². The molecule has 2 aromatic rings. The van der Waals surface area contributed by atoms with Crippen LogP contribution in [0.3, 0.4) is 0 Å². The topological polar surface area (TPSA) is 45.5 Å². The van der Waals surface area contributed by atoms with Crippen molar-refractivity contribution in [2.75, 3.05) is 6.54 Å². The SMILES string of the molecule is CCCCN(Cc1ccco1)C(=O)NCc1cccc(C)c1. The molecule has 1 heterocycles. The molecule has 1 N–H and O–H groups in total. The number of nitrogens with one attached hydrogen (secondary N) is 1. The number of rotatable bonds is 7. The molecule has 118 valence electrons. The quantitative estimate of drug-likeness (QED) is 0.836. The minimum atomic E-state index is -0.0497. The van der Waals surface area contributed by atoms with Crippen LogP contribution in [0.1, 0.15) is 36.7 Å². The number of urea groups is 1. The highest BCUT2D eigenvalue weighted by Gasteiger charge is 2.14. The van der Waals surface area contributed by atoms with E-state index in [-0.39, 0.29) is 6.03 Å². The second-order valence-corrected chi connectivity index (χ2v) is 5.50. The fourth-order valence-electron chi connectivity index (χ4n) is 2.30. The summed E-state index contributed by atoms with van der Waals surface area (Å²) in [6.45, 7) is 5.95. The molecule has 4 heteroatoms. The summed E-state index contributed by atoms with van der Waals surface area (Å²) in [5, 5.41) is 2.99. The largest absolute Gasteiger partial charge is 0.467 e. The Bertz CT molecular complexity index is 579. The lowest BCUT2D eigenvalue weighted by Crippen LogP contribution is -2.39. The number of amides is 2. The maximum absolute atomic E-state index is 12.4. The number of carbonyl (C=O) groups is 1. The summed E-state index contributed by atoms with van der Waals surface area (Å²) in [6.07, 6.45) is 3.68. The highest BCUT2D eigenvalue weighted by atomic mass is 16.3. The van der Waals surface area contributed by atoms with Gasteiger partial charge >= 0.3 is 6.03 Å². The van der Waals surface area contributed by atoms with Crippen molar-refractivity contribution in [1.82, 2.24) is 10.2 Å². The molecule has 0 bridgehead atoms. The van der Waals surface area contributed by atoms with E-state index in [2.05, 4.69) is 31.3 Å². The Balaban J connectivity index is 1.92. The molecule has 0 saturated carbocycles. The van der Waals surface area contributed by atoms with Gasteiger partial charge in [0.2, 0.25) is 0 Å². The van der Waals surface area contributed by atoms with E-state index in [1.54, 1.807) is 11.2 Å². The van der Waals surface area contributed by atoms with Crippen molar-refractivity contribution in [3.8, 4) is 0 Å². The number of furan rings is 1. The standard InChI is InChI=1S/C18H24N2O2/c1-3-4-10-20(14-17-9-6-11-22-17)18(21)19-13-16-8-5-7-15(2)12-16/h5-9,11-12H,3-4,10,13-14H2,1-2H3,(H,19,21). The van der Waals surface area contributed by atoms with Gasteiger partial charge in [-0.15, -0.1) is 0 Å². The van der Waals surface area contributed by atoms with E-state index >= 15 is 0 Å². The summed E-state index contributed by atoms with van der Waals surface area (Å²) in [5.41, 5.74) is 2.31. The summed E-state index contributed by atoms with van der Waals surface area (Å²) in [6, 6.07) is 11.9. The average molecular weight is 300 g/mol. The number of nitrogens with zero attached hydrogens (tertiary/aromatic N) is 1. The van der Waals surface area contributed by atoms with Crippen molar-refractivity contribution in [2.24, 2.45) is 0 Å². The van der Waals surface area contributed by atoms with Gasteiger partial charge in [-0.1, -0.05) is 43.2 Å². The predicted octanol–water partition coefficient (Wildman–Crippen LogP) is 4.10. The van der Waals surface area contributed by atoms with Crippen LogP contribution in [0.25, 0.3) is 0 Å². The summed E-state index contributed by atoms with van der Waals surface area (Å²) in [5.74, 6) is 0.807. The zero-order valence-corrected chi connectivity index (χ0v) is 13.3. The molecule has 0 fully saturated rings. The van der Waals surface area contributed by atoms with Crippen molar-refractivity contribution in [2.45, 2.75) is 39.8 Å². The second kappa shape index (κ2) is 8.27. The maximum Gasteiger partial charge on any atom is 0.318 e. The van der Waals surface area contributed by atoms with Gasteiger partial charge < -0.3 is 14.6 Å². The van der Waals surface area contributed by atoms with Gasteiger partial charge in [0.1, 0.15) is 5.76 Å². The molecule has 0 aliphatic carbocycles. The molecule has 22 heavy (non-hydrogen) atoms. The molecule has 4 nitrogen and oxygen atoms in total. The average Bonchev–Trinajstić information content (AvgIpc) is 3.02. The Kier molecular flexibility index (Phi) is 6.07. The van der Waals surface area contributed by atoms with Gasteiger partial charge in [-0.2, -0.15) is 0 Å². The first kappa shape index (κ1) is 16.1. The molecule has 0 unspecified atom stereocenters. The van der Waals surface area contributed by atoms with Crippen molar-refractivity contribution >= 4 is 6.03 Å². The Morgan fingerprint density at radius 1 is 1.27 bits per heavy atom. The minimum Gasteiger partial charge on any atom is -0.467 e. The van der Waals surface area contributed by atoms with E-state index in [4.69, 9.17) is 4.42 Å². The maximum atomic E-state index is 12.4. The molecule has 1 aromatic heterocycles. The van der Waals surface area contributed by atoms with Crippen molar-refractivity contribution in [1.29, 1.82) is 0 Å². The summed E-state index contributed by atoms with van der Waals surface area (Å²) in [4.78, 5) is 14.2. The van der Waals surface area contributed by atoms with Gasteiger partial charge in [0, 0.05) is 13.1 Å². The molecule has 0 aliphatic heterocycles. The van der Waals surface area contributed by atoms with Crippen molar-refractivity contribution in [3.63, 3.8) is 0 Å². The Morgan fingerprint density at radius 3 is 2.82 bits per heavy atom. The summed E-state index contributed by atoms with van der Waals surface area (Å²) < 4.78 is 5.35. The molecule has 0 radical (unpaired) electrons. The fourth-order valence-corrected chi connectivity index (χ4v) is 2.30. The number of hydrogen-bond acceptors (Lipinski definition) is 2. The van der Waals surface area contributed by atoms with Gasteiger partial charge in [0.15, 0.2) is 0 Å². The Labute approximate surface area is 132 Å². The number of unbranched alkanes of at least 4 members (excludes halogenated alkanes) is 1. The molecule has 0 aliphatic rings. The smallest absolute Gasteiger partial charge is 0.318 e. The molecule has 1 aromatic carbocycles. The van der Waals surface area contributed by atoms with E-state index in [9.17, 15) is 4.79 Å². The van der Waals surface area contributed by atoms with Gasteiger partial charge in [0.05, 0.1) is 12.8 Å². The van der Waals surface area contributed by atoms with E-state index in [0.717, 1.165) is 30.7 Å². The lowest BCUT2D eigenvalue weighted by Gasteiger charge is -2.22. The van der Waals surface area contributed by atoms with E-state index in [1.165, 1.54) is 5.56 Å². The first-order valence-corrected chi connectivity index (χ1v) is 7.79. The Hall–Kier alpha value is -2.23. The van der Waals surface area contributed by atoms with Gasteiger partial charge in [-0.25, -0.2) is 4.79 Å². The molecule has 2 rings (SSSR count). The fraction of sp³-hybridized carbons (Fsp3) is 0.389. The molecular weight excluding hydrogens is 276 g/mol. The van der Waals surface area contributed by atoms with Crippen molar-refractivity contribution < 1.29 is 9.21 Å². The first-order valence-electron chi connectivity index (χ1n) is 7.79. The second-order valence-electron chi connectivity index (χ2n) is 5.50. The van der Waals surface area contributed by atoms with Gasteiger partial charge in [0.25, 0.3) is 0 Å². The molecular formula is C18H24N2O2. The molecule has 0 saturated heterocycles.